The first-order chi connectivity index (χ1) is 9.13. The van der Waals surface area contributed by atoms with Gasteiger partial charge in [0.25, 0.3) is 0 Å². The van der Waals surface area contributed by atoms with Gasteiger partial charge in [0.1, 0.15) is 11.5 Å². The predicted octanol–water partition coefficient (Wildman–Crippen LogP) is 2.91. The Bertz CT molecular complexity index is 563. The van der Waals surface area contributed by atoms with Crippen LogP contribution in [0.15, 0.2) is 36.4 Å². The average molecular weight is 262 g/mol. The molecule has 2 N–H and O–H groups in total. The van der Waals surface area contributed by atoms with E-state index in [2.05, 4.69) is 0 Å². The third-order valence-corrected chi connectivity index (χ3v) is 2.53. The minimum Gasteiger partial charge on any atom is -0.508 e. The number of rotatable bonds is 4. The molecule has 0 heterocycles. The lowest BCUT2D eigenvalue weighted by Crippen LogP contribution is -1.92. The molecule has 19 heavy (non-hydrogen) atoms. The number of phenols is 2. The molecule has 0 aromatic heterocycles. The van der Waals surface area contributed by atoms with Gasteiger partial charge in [0.15, 0.2) is 23.0 Å². The van der Waals surface area contributed by atoms with Crippen LogP contribution in [0.25, 0.3) is 0 Å². The predicted molar refractivity (Wildman–Crippen MR) is 69.4 cm³/mol. The van der Waals surface area contributed by atoms with Crippen molar-refractivity contribution in [1.29, 1.82) is 0 Å². The van der Waals surface area contributed by atoms with Crippen LogP contribution in [0.4, 0.5) is 0 Å². The molecule has 0 bridgehead atoms. The van der Waals surface area contributed by atoms with Gasteiger partial charge in [0.05, 0.1) is 14.2 Å². The van der Waals surface area contributed by atoms with Crippen LogP contribution in [-0.4, -0.2) is 24.4 Å². The maximum absolute atomic E-state index is 9.66. The third kappa shape index (κ3) is 2.82. The first-order valence-corrected chi connectivity index (χ1v) is 5.56. The number of benzene rings is 2. The fraction of sp³-hybridized carbons (Fsp3) is 0.143. The SMILES string of the molecule is COc1cc(Oc2ccc(O)cc2)c(OC)cc1O. The van der Waals surface area contributed by atoms with Crippen LogP contribution < -0.4 is 14.2 Å². The number of methoxy groups -OCH3 is 2. The van der Waals surface area contributed by atoms with Crippen LogP contribution in [0.5, 0.6) is 34.5 Å². The zero-order valence-electron chi connectivity index (χ0n) is 10.6. The van der Waals surface area contributed by atoms with E-state index < -0.39 is 0 Å². The molecule has 2 rings (SSSR count). The first kappa shape index (κ1) is 12.9. The molecule has 0 aliphatic heterocycles. The highest BCUT2D eigenvalue weighted by molar-refractivity contribution is 5.54. The largest absolute Gasteiger partial charge is 0.508 e. The minimum absolute atomic E-state index is 0.0302. The van der Waals surface area contributed by atoms with Gasteiger partial charge in [-0.2, -0.15) is 0 Å². The molecule has 0 amide bonds. The summed E-state index contributed by atoms with van der Waals surface area (Å²) in [5.41, 5.74) is 0. The second-order valence-corrected chi connectivity index (χ2v) is 3.77. The lowest BCUT2D eigenvalue weighted by molar-refractivity contribution is 0.350. The van der Waals surface area contributed by atoms with Crippen molar-refractivity contribution < 1.29 is 24.4 Å². The fourth-order valence-electron chi connectivity index (χ4n) is 1.57. The molecule has 0 saturated heterocycles. The van der Waals surface area contributed by atoms with Crippen molar-refractivity contribution in [2.45, 2.75) is 0 Å². The van der Waals surface area contributed by atoms with E-state index in [9.17, 15) is 10.2 Å². The zero-order chi connectivity index (χ0) is 13.8. The van der Waals surface area contributed by atoms with Crippen molar-refractivity contribution in [3.63, 3.8) is 0 Å². The molecule has 0 aliphatic carbocycles. The van der Waals surface area contributed by atoms with E-state index in [-0.39, 0.29) is 17.2 Å². The van der Waals surface area contributed by atoms with E-state index in [1.807, 2.05) is 0 Å². The van der Waals surface area contributed by atoms with Crippen LogP contribution in [0.2, 0.25) is 0 Å². The molecule has 5 nitrogen and oxygen atoms in total. The molecule has 0 spiro atoms. The molecule has 2 aromatic rings. The van der Waals surface area contributed by atoms with E-state index in [1.54, 1.807) is 12.1 Å². The van der Waals surface area contributed by atoms with Crippen LogP contribution in [0.3, 0.4) is 0 Å². The standard InChI is InChI=1S/C14H14O5/c1-17-12-8-14(13(18-2)7-11(12)16)19-10-5-3-9(15)4-6-10/h3-8,15-16H,1-2H3. The molecule has 2 aromatic carbocycles. The molecular weight excluding hydrogens is 248 g/mol. The Kier molecular flexibility index (Phi) is 3.66. The number of ether oxygens (including phenoxy) is 3. The van der Waals surface area contributed by atoms with Crippen molar-refractivity contribution in [2.75, 3.05) is 14.2 Å². The van der Waals surface area contributed by atoms with Crippen LogP contribution in [-0.2, 0) is 0 Å². The summed E-state index contributed by atoms with van der Waals surface area (Å²) in [6.07, 6.45) is 0. The second kappa shape index (κ2) is 5.39. The number of aromatic hydroxyl groups is 2. The summed E-state index contributed by atoms with van der Waals surface area (Å²) in [4.78, 5) is 0. The topological polar surface area (TPSA) is 68.2 Å². The summed E-state index contributed by atoms with van der Waals surface area (Å²) in [6.45, 7) is 0. The molecular formula is C14H14O5. The molecule has 0 saturated carbocycles. The Hall–Kier alpha value is -2.56. The van der Waals surface area contributed by atoms with Gasteiger partial charge in [-0.05, 0) is 24.3 Å². The Morgan fingerprint density at radius 2 is 1.42 bits per heavy atom. The number of phenolic OH excluding ortho intramolecular Hbond substituents is 2. The third-order valence-electron chi connectivity index (χ3n) is 2.53. The first-order valence-electron chi connectivity index (χ1n) is 5.56. The summed E-state index contributed by atoms with van der Waals surface area (Å²) >= 11 is 0. The van der Waals surface area contributed by atoms with Crippen molar-refractivity contribution in [3.8, 4) is 34.5 Å². The Balaban J connectivity index is 2.35. The lowest BCUT2D eigenvalue weighted by Gasteiger charge is -2.13. The maximum Gasteiger partial charge on any atom is 0.173 e. The van der Waals surface area contributed by atoms with Gasteiger partial charge >= 0.3 is 0 Å². The van der Waals surface area contributed by atoms with E-state index in [0.29, 0.717) is 17.2 Å². The van der Waals surface area contributed by atoms with E-state index in [4.69, 9.17) is 14.2 Å². The number of hydrogen-bond acceptors (Lipinski definition) is 5. The molecule has 0 atom stereocenters. The summed E-state index contributed by atoms with van der Waals surface area (Å²) in [5.74, 6) is 1.73. The van der Waals surface area contributed by atoms with E-state index >= 15 is 0 Å². The Labute approximate surface area is 110 Å². The van der Waals surface area contributed by atoms with Crippen molar-refractivity contribution in [3.05, 3.63) is 36.4 Å². The lowest BCUT2D eigenvalue weighted by atomic mass is 10.2. The van der Waals surface area contributed by atoms with Gasteiger partial charge in [-0.15, -0.1) is 0 Å². The fourth-order valence-corrected chi connectivity index (χ4v) is 1.57. The summed E-state index contributed by atoms with van der Waals surface area (Å²) in [6, 6.07) is 9.21. The summed E-state index contributed by atoms with van der Waals surface area (Å²) < 4.78 is 15.8. The quantitative estimate of drug-likeness (QED) is 0.886. The van der Waals surface area contributed by atoms with E-state index in [0.717, 1.165) is 0 Å². The summed E-state index contributed by atoms with van der Waals surface area (Å²) in [7, 11) is 2.93. The van der Waals surface area contributed by atoms with Crippen LogP contribution in [0, 0.1) is 0 Å². The smallest absolute Gasteiger partial charge is 0.173 e. The highest BCUT2D eigenvalue weighted by Crippen LogP contribution is 2.40. The number of hydrogen-bond donors (Lipinski definition) is 2. The minimum atomic E-state index is -0.0302. The average Bonchev–Trinajstić information content (AvgIpc) is 2.42. The van der Waals surface area contributed by atoms with Crippen molar-refractivity contribution >= 4 is 0 Å². The highest BCUT2D eigenvalue weighted by atomic mass is 16.5. The molecule has 0 unspecified atom stereocenters. The normalized spacial score (nSPS) is 10.0. The van der Waals surface area contributed by atoms with Gasteiger partial charge < -0.3 is 24.4 Å². The monoisotopic (exact) mass is 262 g/mol. The van der Waals surface area contributed by atoms with Crippen LogP contribution >= 0.6 is 0 Å². The van der Waals surface area contributed by atoms with Gasteiger partial charge in [-0.1, -0.05) is 0 Å². The molecule has 0 fully saturated rings. The molecule has 0 radical (unpaired) electrons. The zero-order valence-corrected chi connectivity index (χ0v) is 10.6. The molecule has 100 valence electrons. The van der Waals surface area contributed by atoms with E-state index in [1.165, 1.54) is 38.5 Å². The van der Waals surface area contributed by atoms with Gasteiger partial charge in [0.2, 0.25) is 0 Å². The van der Waals surface area contributed by atoms with Crippen molar-refractivity contribution in [2.24, 2.45) is 0 Å². The highest BCUT2D eigenvalue weighted by Gasteiger charge is 2.12. The Morgan fingerprint density at radius 1 is 0.789 bits per heavy atom. The van der Waals surface area contributed by atoms with Gasteiger partial charge in [-0.25, -0.2) is 0 Å². The second-order valence-electron chi connectivity index (χ2n) is 3.77. The molecule has 0 aliphatic rings. The van der Waals surface area contributed by atoms with Crippen LogP contribution in [0.1, 0.15) is 0 Å². The van der Waals surface area contributed by atoms with Gasteiger partial charge in [-0.3, -0.25) is 0 Å². The molecule has 5 heteroatoms. The maximum atomic E-state index is 9.66. The Morgan fingerprint density at radius 3 is 2.00 bits per heavy atom. The van der Waals surface area contributed by atoms with Gasteiger partial charge in [0, 0.05) is 12.1 Å². The van der Waals surface area contributed by atoms with Crippen molar-refractivity contribution in [1.82, 2.24) is 0 Å². The summed E-state index contributed by atoms with van der Waals surface area (Å²) in [5, 5.41) is 18.9.